The summed E-state index contributed by atoms with van der Waals surface area (Å²) in [6.07, 6.45) is 5.24. The summed E-state index contributed by atoms with van der Waals surface area (Å²) in [5, 5.41) is 10.0. The molecule has 156 valence electrons. The Hall–Kier alpha value is -3.67. The standard InChI is InChI=1S/C25H16Cl2N4O/c26-22-9-6-17(14-21(22)24-19-5-2-1-4-16(19)10-12-28-24)30-25(32)20-8-7-18(15-23(20)27)31-13-3-11-29-31/h1-15H,(H,30,32). The summed E-state index contributed by atoms with van der Waals surface area (Å²) in [4.78, 5) is 17.4. The van der Waals surface area contributed by atoms with E-state index in [1.54, 1.807) is 47.4 Å². The highest BCUT2D eigenvalue weighted by molar-refractivity contribution is 6.35. The number of amides is 1. The molecule has 0 saturated heterocycles. The molecule has 0 bridgehead atoms. The van der Waals surface area contributed by atoms with Crippen LogP contribution in [0.1, 0.15) is 10.4 Å². The number of anilines is 1. The quantitative estimate of drug-likeness (QED) is 0.328. The maximum absolute atomic E-state index is 12.9. The van der Waals surface area contributed by atoms with E-state index in [1.807, 2.05) is 48.7 Å². The maximum Gasteiger partial charge on any atom is 0.257 e. The van der Waals surface area contributed by atoms with Gasteiger partial charge in [-0.1, -0.05) is 47.5 Å². The smallest absolute Gasteiger partial charge is 0.257 e. The third-order valence-corrected chi connectivity index (χ3v) is 5.76. The Balaban J connectivity index is 1.46. The van der Waals surface area contributed by atoms with E-state index >= 15 is 0 Å². The van der Waals surface area contributed by atoms with Crippen LogP contribution in [0.2, 0.25) is 10.0 Å². The molecule has 0 atom stereocenters. The van der Waals surface area contributed by atoms with Gasteiger partial charge in [0.2, 0.25) is 0 Å². The molecule has 2 aromatic heterocycles. The lowest BCUT2D eigenvalue weighted by Gasteiger charge is -2.12. The minimum atomic E-state index is -0.318. The summed E-state index contributed by atoms with van der Waals surface area (Å²) in [6, 6.07) is 22.2. The molecule has 0 unspecified atom stereocenters. The summed E-state index contributed by atoms with van der Waals surface area (Å²) in [6.45, 7) is 0. The van der Waals surface area contributed by atoms with E-state index in [1.165, 1.54) is 0 Å². The van der Waals surface area contributed by atoms with E-state index in [-0.39, 0.29) is 5.91 Å². The lowest BCUT2D eigenvalue weighted by Crippen LogP contribution is -2.13. The molecular weight excluding hydrogens is 443 g/mol. The highest BCUT2D eigenvalue weighted by atomic mass is 35.5. The third kappa shape index (κ3) is 3.84. The number of pyridine rings is 1. The van der Waals surface area contributed by atoms with Crippen LogP contribution in [0.4, 0.5) is 5.69 Å². The highest BCUT2D eigenvalue weighted by Gasteiger charge is 2.15. The number of fused-ring (bicyclic) bond motifs is 1. The van der Waals surface area contributed by atoms with Gasteiger partial charge in [0.1, 0.15) is 0 Å². The second kappa shape index (κ2) is 8.46. The molecule has 0 aliphatic rings. The number of benzene rings is 3. The zero-order valence-electron chi connectivity index (χ0n) is 16.7. The largest absolute Gasteiger partial charge is 0.322 e. The summed E-state index contributed by atoms with van der Waals surface area (Å²) < 4.78 is 1.68. The van der Waals surface area contributed by atoms with Crippen molar-refractivity contribution in [3.8, 4) is 16.9 Å². The number of halogens is 2. The molecule has 0 aliphatic carbocycles. The lowest BCUT2D eigenvalue weighted by atomic mass is 10.0. The van der Waals surface area contributed by atoms with Crippen molar-refractivity contribution in [3.63, 3.8) is 0 Å². The van der Waals surface area contributed by atoms with E-state index in [9.17, 15) is 4.79 Å². The summed E-state index contributed by atoms with van der Waals surface area (Å²) in [5.74, 6) is -0.318. The molecule has 0 saturated carbocycles. The van der Waals surface area contributed by atoms with Crippen molar-refractivity contribution in [2.75, 3.05) is 5.32 Å². The molecule has 7 heteroatoms. The van der Waals surface area contributed by atoms with Crippen LogP contribution in [0.5, 0.6) is 0 Å². The zero-order valence-corrected chi connectivity index (χ0v) is 18.2. The number of carbonyl (C=O) groups is 1. The molecule has 1 N–H and O–H groups in total. The van der Waals surface area contributed by atoms with Crippen LogP contribution in [-0.2, 0) is 0 Å². The number of nitrogens with zero attached hydrogens (tertiary/aromatic N) is 3. The van der Waals surface area contributed by atoms with E-state index in [0.29, 0.717) is 21.3 Å². The fourth-order valence-electron chi connectivity index (χ4n) is 3.57. The van der Waals surface area contributed by atoms with E-state index < -0.39 is 0 Å². The van der Waals surface area contributed by atoms with Crippen molar-refractivity contribution in [3.05, 3.63) is 107 Å². The molecule has 0 fully saturated rings. The minimum Gasteiger partial charge on any atom is -0.322 e. The topological polar surface area (TPSA) is 59.8 Å². The molecule has 0 radical (unpaired) electrons. The summed E-state index contributed by atoms with van der Waals surface area (Å²) >= 11 is 12.9. The van der Waals surface area contributed by atoms with Crippen molar-refractivity contribution in [2.24, 2.45) is 0 Å². The maximum atomic E-state index is 12.9. The fourth-order valence-corrected chi connectivity index (χ4v) is 4.04. The van der Waals surface area contributed by atoms with Gasteiger partial charge in [0.25, 0.3) is 5.91 Å². The van der Waals surface area contributed by atoms with Crippen molar-refractivity contribution in [1.82, 2.24) is 14.8 Å². The highest BCUT2D eigenvalue weighted by Crippen LogP contribution is 2.34. The molecule has 32 heavy (non-hydrogen) atoms. The molecule has 0 aliphatic heterocycles. The minimum absolute atomic E-state index is 0.318. The number of hydrogen-bond acceptors (Lipinski definition) is 3. The van der Waals surface area contributed by atoms with Gasteiger partial charge in [0, 0.05) is 35.2 Å². The number of nitrogens with one attached hydrogen (secondary N) is 1. The van der Waals surface area contributed by atoms with E-state index in [2.05, 4.69) is 15.4 Å². The predicted octanol–water partition coefficient (Wildman–Crippen LogP) is 6.65. The fraction of sp³-hybridized carbons (Fsp3) is 0. The van der Waals surface area contributed by atoms with E-state index in [0.717, 1.165) is 27.7 Å². The Morgan fingerprint density at radius 1 is 0.875 bits per heavy atom. The molecular formula is C25H16Cl2N4O. The Morgan fingerprint density at radius 3 is 2.56 bits per heavy atom. The van der Waals surface area contributed by atoms with Crippen LogP contribution >= 0.6 is 23.2 Å². The number of aromatic nitrogens is 3. The van der Waals surface area contributed by atoms with Gasteiger partial charge in [0.05, 0.1) is 27.0 Å². The number of carbonyl (C=O) groups excluding carboxylic acids is 1. The average Bonchev–Trinajstić information content (AvgIpc) is 3.35. The van der Waals surface area contributed by atoms with Crippen LogP contribution in [-0.4, -0.2) is 20.7 Å². The zero-order chi connectivity index (χ0) is 22.1. The Bertz CT molecular complexity index is 1440. The molecule has 0 spiro atoms. The molecule has 1 amide bonds. The first kappa shape index (κ1) is 20.2. The van der Waals surface area contributed by atoms with Crippen LogP contribution in [0.15, 0.2) is 91.4 Å². The van der Waals surface area contributed by atoms with Crippen LogP contribution in [0.25, 0.3) is 27.7 Å². The SMILES string of the molecule is O=C(Nc1ccc(Cl)c(-c2nccc3ccccc23)c1)c1ccc(-n2cccn2)cc1Cl. The normalized spacial score (nSPS) is 10.9. The van der Waals surface area contributed by atoms with Crippen molar-refractivity contribution in [2.45, 2.75) is 0 Å². The first-order valence-electron chi connectivity index (χ1n) is 9.85. The van der Waals surface area contributed by atoms with Crippen molar-refractivity contribution < 1.29 is 4.79 Å². The molecule has 5 rings (SSSR count). The van der Waals surface area contributed by atoms with Crippen LogP contribution in [0, 0.1) is 0 Å². The summed E-state index contributed by atoms with van der Waals surface area (Å²) in [5.41, 5.74) is 3.22. The Kier molecular flexibility index (Phi) is 5.35. The molecule has 5 aromatic rings. The van der Waals surface area contributed by atoms with Gasteiger partial charge < -0.3 is 5.32 Å². The third-order valence-electron chi connectivity index (χ3n) is 5.12. The predicted molar refractivity (Wildman–Crippen MR) is 129 cm³/mol. The number of rotatable bonds is 4. The van der Waals surface area contributed by atoms with Gasteiger partial charge in [-0.15, -0.1) is 0 Å². The summed E-state index contributed by atoms with van der Waals surface area (Å²) in [7, 11) is 0. The lowest BCUT2D eigenvalue weighted by molar-refractivity contribution is 0.102. The van der Waals surface area contributed by atoms with Crippen molar-refractivity contribution >= 4 is 45.6 Å². The van der Waals surface area contributed by atoms with Gasteiger partial charge >= 0.3 is 0 Å². The van der Waals surface area contributed by atoms with Gasteiger partial charge in [-0.3, -0.25) is 9.78 Å². The van der Waals surface area contributed by atoms with Gasteiger partial charge in [-0.05, 0) is 53.9 Å². The van der Waals surface area contributed by atoms with Gasteiger partial charge in [0.15, 0.2) is 0 Å². The molecule has 2 heterocycles. The average molecular weight is 459 g/mol. The van der Waals surface area contributed by atoms with E-state index in [4.69, 9.17) is 23.2 Å². The molecule has 5 nitrogen and oxygen atoms in total. The monoisotopic (exact) mass is 458 g/mol. The Labute approximate surface area is 194 Å². The van der Waals surface area contributed by atoms with Crippen molar-refractivity contribution in [1.29, 1.82) is 0 Å². The first-order valence-corrected chi connectivity index (χ1v) is 10.6. The molecule has 3 aromatic carbocycles. The second-order valence-electron chi connectivity index (χ2n) is 7.14. The second-order valence-corrected chi connectivity index (χ2v) is 7.96. The number of hydrogen-bond donors (Lipinski definition) is 1. The first-order chi connectivity index (χ1) is 15.6. The van der Waals surface area contributed by atoms with Gasteiger partial charge in [-0.25, -0.2) is 4.68 Å². The Morgan fingerprint density at radius 2 is 1.75 bits per heavy atom. The van der Waals surface area contributed by atoms with Gasteiger partial charge in [-0.2, -0.15) is 5.10 Å². The van der Waals surface area contributed by atoms with Crippen LogP contribution < -0.4 is 5.32 Å². The van der Waals surface area contributed by atoms with Crippen LogP contribution in [0.3, 0.4) is 0 Å².